The van der Waals surface area contributed by atoms with Crippen molar-refractivity contribution in [1.29, 1.82) is 0 Å². The molecule has 2 aromatic carbocycles. The molecule has 1 fully saturated rings. The first-order valence-corrected chi connectivity index (χ1v) is 9.21. The number of alkyl halides is 3. The standard InChI is InChI=1S/C18H15BrF3N3O4/c19-13-7-11(17(26)16(9-13)25(27)28)10-23-14-8-12(18(20,21)22)1-2-15(14)24-3-5-29-6-4-24/h1-2,7-10,26H,3-6H2. The molecular weight excluding hydrogens is 459 g/mol. The largest absolute Gasteiger partial charge is 0.502 e. The molecule has 0 atom stereocenters. The van der Waals surface area contributed by atoms with Crippen LogP contribution in [0.25, 0.3) is 0 Å². The zero-order valence-electron chi connectivity index (χ0n) is 14.8. The van der Waals surface area contributed by atoms with Crippen LogP contribution >= 0.6 is 15.9 Å². The van der Waals surface area contributed by atoms with E-state index in [9.17, 15) is 28.4 Å². The normalized spacial score (nSPS) is 15.1. The van der Waals surface area contributed by atoms with Crippen LogP contribution < -0.4 is 4.90 Å². The summed E-state index contributed by atoms with van der Waals surface area (Å²) in [5.41, 5.74) is -0.911. The molecule has 3 rings (SSSR count). The SMILES string of the molecule is O=[N+]([O-])c1cc(Br)cc(C=Nc2cc(C(F)(F)F)ccc2N2CCOCC2)c1O. The molecule has 29 heavy (non-hydrogen) atoms. The van der Waals surface area contributed by atoms with Crippen molar-refractivity contribution in [2.45, 2.75) is 6.18 Å². The highest BCUT2D eigenvalue weighted by Crippen LogP contribution is 2.38. The fraction of sp³-hybridized carbons (Fsp3) is 0.278. The molecule has 11 heteroatoms. The Bertz CT molecular complexity index is 960. The highest BCUT2D eigenvalue weighted by Gasteiger charge is 2.31. The first kappa shape index (κ1) is 21.1. The molecule has 0 aromatic heterocycles. The fourth-order valence-corrected chi connectivity index (χ4v) is 3.32. The van der Waals surface area contributed by atoms with E-state index < -0.39 is 28.1 Å². The van der Waals surface area contributed by atoms with Gasteiger partial charge in [0.1, 0.15) is 0 Å². The Balaban J connectivity index is 2.06. The number of anilines is 1. The van der Waals surface area contributed by atoms with Crippen LogP contribution in [0.4, 0.5) is 30.2 Å². The quantitative estimate of drug-likeness (QED) is 0.396. The van der Waals surface area contributed by atoms with Crippen LogP contribution in [0.3, 0.4) is 0 Å². The summed E-state index contributed by atoms with van der Waals surface area (Å²) < 4.78 is 45.1. The number of hydrogen-bond acceptors (Lipinski definition) is 6. The molecule has 2 aromatic rings. The van der Waals surface area contributed by atoms with Gasteiger partial charge in [-0.1, -0.05) is 15.9 Å². The van der Waals surface area contributed by atoms with Gasteiger partial charge < -0.3 is 14.7 Å². The number of phenolic OH excluding ortho intramolecular Hbond substituents is 1. The number of aliphatic imine (C=N–C) groups is 1. The van der Waals surface area contributed by atoms with Crippen molar-refractivity contribution in [3.8, 4) is 5.75 Å². The molecule has 1 aliphatic heterocycles. The topological polar surface area (TPSA) is 88.2 Å². The summed E-state index contributed by atoms with van der Waals surface area (Å²) in [6, 6.07) is 5.73. The van der Waals surface area contributed by atoms with Crippen LogP contribution in [0.15, 0.2) is 39.8 Å². The van der Waals surface area contributed by atoms with E-state index in [2.05, 4.69) is 20.9 Å². The van der Waals surface area contributed by atoms with Gasteiger partial charge in [0.2, 0.25) is 5.75 Å². The van der Waals surface area contributed by atoms with Crippen molar-refractivity contribution in [2.24, 2.45) is 4.99 Å². The second kappa shape index (κ2) is 8.37. The summed E-state index contributed by atoms with van der Waals surface area (Å²) in [6.45, 7) is 1.84. The summed E-state index contributed by atoms with van der Waals surface area (Å²) in [5, 5.41) is 21.2. The summed E-state index contributed by atoms with van der Waals surface area (Å²) >= 11 is 3.11. The number of phenols is 1. The van der Waals surface area contributed by atoms with Gasteiger partial charge in [-0.2, -0.15) is 13.2 Å². The average Bonchev–Trinajstić information content (AvgIpc) is 2.68. The van der Waals surface area contributed by atoms with Gasteiger partial charge >= 0.3 is 11.9 Å². The third kappa shape index (κ3) is 4.85. The van der Waals surface area contributed by atoms with E-state index in [1.54, 1.807) is 0 Å². The van der Waals surface area contributed by atoms with Gasteiger partial charge in [-0.25, -0.2) is 0 Å². The summed E-state index contributed by atoms with van der Waals surface area (Å²) in [5.74, 6) is -0.623. The number of aromatic hydroxyl groups is 1. The monoisotopic (exact) mass is 473 g/mol. The lowest BCUT2D eigenvalue weighted by molar-refractivity contribution is -0.385. The van der Waals surface area contributed by atoms with Gasteiger partial charge in [0.05, 0.1) is 35.1 Å². The number of rotatable bonds is 4. The lowest BCUT2D eigenvalue weighted by atomic mass is 10.1. The van der Waals surface area contributed by atoms with Crippen LogP contribution in [0.5, 0.6) is 5.75 Å². The molecular formula is C18H15BrF3N3O4. The van der Waals surface area contributed by atoms with Gasteiger partial charge in [0, 0.05) is 35.4 Å². The first-order valence-electron chi connectivity index (χ1n) is 8.41. The van der Waals surface area contributed by atoms with Crippen LogP contribution in [0, 0.1) is 10.1 Å². The van der Waals surface area contributed by atoms with Crippen LogP contribution in [0.2, 0.25) is 0 Å². The third-order valence-electron chi connectivity index (χ3n) is 4.28. The second-order valence-electron chi connectivity index (χ2n) is 6.18. The van der Waals surface area contributed by atoms with Crippen molar-refractivity contribution in [2.75, 3.05) is 31.2 Å². The van der Waals surface area contributed by atoms with E-state index in [4.69, 9.17) is 4.74 Å². The molecule has 0 amide bonds. The first-order chi connectivity index (χ1) is 13.7. The second-order valence-corrected chi connectivity index (χ2v) is 7.09. The molecule has 154 valence electrons. The fourth-order valence-electron chi connectivity index (χ4n) is 2.86. The number of nitrogens with zero attached hydrogens (tertiary/aromatic N) is 3. The van der Waals surface area contributed by atoms with Crippen LogP contribution in [-0.4, -0.2) is 42.5 Å². The molecule has 7 nitrogen and oxygen atoms in total. The number of nitro benzene ring substituents is 1. The van der Waals surface area contributed by atoms with Crippen molar-refractivity contribution in [1.82, 2.24) is 0 Å². The Kier molecular flexibility index (Phi) is 6.08. The van der Waals surface area contributed by atoms with Gasteiger partial charge in [0.15, 0.2) is 0 Å². The maximum atomic E-state index is 13.2. The smallest absolute Gasteiger partial charge is 0.416 e. The minimum absolute atomic E-state index is 0.00332. The Morgan fingerprint density at radius 2 is 1.93 bits per heavy atom. The summed E-state index contributed by atoms with van der Waals surface area (Å²) in [7, 11) is 0. The summed E-state index contributed by atoms with van der Waals surface area (Å²) in [4.78, 5) is 16.3. The maximum Gasteiger partial charge on any atom is 0.416 e. The Morgan fingerprint density at radius 3 is 2.55 bits per heavy atom. The molecule has 0 radical (unpaired) electrons. The van der Waals surface area contributed by atoms with Crippen molar-refractivity contribution >= 4 is 39.2 Å². The van der Waals surface area contributed by atoms with E-state index in [0.717, 1.165) is 24.4 Å². The molecule has 1 heterocycles. The summed E-state index contributed by atoms with van der Waals surface area (Å²) in [6.07, 6.45) is -3.45. The predicted octanol–water partition coefficient (Wildman–Crippen LogP) is 4.67. The van der Waals surface area contributed by atoms with E-state index in [-0.39, 0.29) is 11.3 Å². The van der Waals surface area contributed by atoms with E-state index in [0.29, 0.717) is 36.5 Å². The van der Waals surface area contributed by atoms with Gasteiger partial charge in [0.25, 0.3) is 0 Å². The number of hydrogen-bond donors (Lipinski definition) is 1. The predicted molar refractivity (Wildman–Crippen MR) is 104 cm³/mol. The lowest BCUT2D eigenvalue weighted by Gasteiger charge is -2.30. The molecule has 0 bridgehead atoms. The van der Waals surface area contributed by atoms with Crippen molar-refractivity contribution in [3.05, 3.63) is 56.0 Å². The van der Waals surface area contributed by atoms with Crippen molar-refractivity contribution < 1.29 is 27.9 Å². The highest BCUT2D eigenvalue weighted by atomic mass is 79.9. The van der Waals surface area contributed by atoms with Gasteiger partial charge in [-0.15, -0.1) is 0 Å². The zero-order valence-corrected chi connectivity index (χ0v) is 16.4. The van der Waals surface area contributed by atoms with E-state index in [1.807, 2.05) is 4.90 Å². The number of benzene rings is 2. The molecule has 0 spiro atoms. The minimum atomic E-state index is -4.55. The molecule has 1 aliphatic rings. The van der Waals surface area contributed by atoms with Crippen molar-refractivity contribution in [3.63, 3.8) is 0 Å². The Labute approximate surface area is 171 Å². The number of nitro groups is 1. The zero-order chi connectivity index (χ0) is 21.2. The molecule has 0 unspecified atom stereocenters. The van der Waals surface area contributed by atoms with Gasteiger partial charge in [-0.3, -0.25) is 15.1 Å². The number of ether oxygens (including phenoxy) is 1. The number of morpholine rings is 1. The van der Waals surface area contributed by atoms with Gasteiger partial charge in [-0.05, 0) is 24.3 Å². The van der Waals surface area contributed by atoms with Crippen LogP contribution in [-0.2, 0) is 10.9 Å². The molecule has 0 saturated carbocycles. The third-order valence-corrected chi connectivity index (χ3v) is 4.74. The molecule has 0 aliphatic carbocycles. The Hall–Kier alpha value is -2.66. The lowest BCUT2D eigenvalue weighted by Crippen LogP contribution is -2.36. The maximum absolute atomic E-state index is 13.2. The van der Waals surface area contributed by atoms with E-state index >= 15 is 0 Å². The Morgan fingerprint density at radius 1 is 1.24 bits per heavy atom. The highest BCUT2D eigenvalue weighted by molar-refractivity contribution is 9.10. The van der Waals surface area contributed by atoms with E-state index in [1.165, 1.54) is 12.1 Å². The van der Waals surface area contributed by atoms with Crippen LogP contribution in [0.1, 0.15) is 11.1 Å². The average molecular weight is 474 g/mol. The minimum Gasteiger partial charge on any atom is -0.502 e. The molecule has 1 N–H and O–H groups in total. The molecule has 1 saturated heterocycles. The number of halogens is 4.